The smallest absolute Gasteiger partial charge is 0.277 e. The van der Waals surface area contributed by atoms with Gasteiger partial charge in [-0.2, -0.15) is 0 Å². The SMILES string of the molecule is Br.COc1ccc(C(=O)N=c2ccn(Cc3ccccc3)cc2)cc1OC. The van der Waals surface area contributed by atoms with E-state index < -0.39 is 0 Å². The summed E-state index contributed by atoms with van der Waals surface area (Å²) in [5, 5.41) is 0.606. The summed E-state index contributed by atoms with van der Waals surface area (Å²) < 4.78 is 12.4. The molecule has 0 aliphatic rings. The number of halogens is 1. The minimum atomic E-state index is -0.327. The first-order chi connectivity index (χ1) is 12.7. The average Bonchev–Trinajstić information content (AvgIpc) is 2.69. The van der Waals surface area contributed by atoms with E-state index in [2.05, 4.69) is 17.1 Å². The van der Waals surface area contributed by atoms with Gasteiger partial charge in [-0.05, 0) is 35.9 Å². The molecule has 0 aliphatic heterocycles. The Morgan fingerprint density at radius 3 is 2.22 bits per heavy atom. The molecule has 5 nitrogen and oxygen atoms in total. The second-order valence-electron chi connectivity index (χ2n) is 5.70. The maximum Gasteiger partial charge on any atom is 0.277 e. The number of nitrogens with zero attached hydrogens (tertiary/aromatic N) is 2. The lowest BCUT2D eigenvalue weighted by atomic mass is 10.2. The Hall–Kier alpha value is -2.86. The number of methoxy groups -OCH3 is 2. The van der Waals surface area contributed by atoms with Crippen LogP contribution in [-0.2, 0) is 6.54 Å². The Morgan fingerprint density at radius 1 is 0.926 bits per heavy atom. The molecule has 0 radical (unpaired) electrons. The van der Waals surface area contributed by atoms with Crippen LogP contribution in [0.15, 0.2) is 78.0 Å². The van der Waals surface area contributed by atoms with Gasteiger partial charge in [0.15, 0.2) is 11.5 Å². The van der Waals surface area contributed by atoms with Gasteiger partial charge >= 0.3 is 0 Å². The van der Waals surface area contributed by atoms with Crippen LogP contribution in [0.25, 0.3) is 0 Å². The molecule has 0 spiro atoms. The zero-order valence-electron chi connectivity index (χ0n) is 15.2. The van der Waals surface area contributed by atoms with E-state index in [1.807, 2.05) is 47.3 Å². The van der Waals surface area contributed by atoms with Crippen LogP contribution in [0, 0.1) is 0 Å². The number of hydrogen-bond acceptors (Lipinski definition) is 3. The monoisotopic (exact) mass is 428 g/mol. The van der Waals surface area contributed by atoms with Crippen molar-refractivity contribution in [3.63, 3.8) is 0 Å². The van der Waals surface area contributed by atoms with Crippen molar-refractivity contribution in [3.05, 3.63) is 89.5 Å². The van der Waals surface area contributed by atoms with Gasteiger partial charge in [-0.15, -0.1) is 17.0 Å². The van der Waals surface area contributed by atoms with Gasteiger partial charge in [0.05, 0.1) is 19.6 Å². The van der Waals surface area contributed by atoms with E-state index in [1.54, 1.807) is 25.3 Å². The van der Waals surface area contributed by atoms with Crippen molar-refractivity contribution in [2.75, 3.05) is 14.2 Å². The molecule has 0 N–H and O–H groups in total. The van der Waals surface area contributed by atoms with Crippen LogP contribution in [0.1, 0.15) is 15.9 Å². The predicted molar refractivity (Wildman–Crippen MR) is 110 cm³/mol. The lowest BCUT2D eigenvalue weighted by molar-refractivity contribution is 0.0998. The zero-order chi connectivity index (χ0) is 18.4. The summed E-state index contributed by atoms with van der Waals surface area (Å²) in [5.41, 5.74) is 1.66. The van der Waals surface area contributed by atoms with Crippen molar-refractivity contribution < 1.29 is 14.3 Å². The van der Waals surface area contributed by atoms with Crippen LogP contribution in [0.4, 0.5) is 0 Å². The van der Waals surface area contributed by atoms with Crippen LogP contribution in [0.2, 0.25) is 0 Å². The average molecular weight is 429 g/mol. The quantitative estimate of drug-likeness (QED) is 0.619. The van der Waals surface area contributed by atoms with Gasteiger partial charge in [0.2, 0.25) is 0 Å². The number of carbonyl (C=O) groups is 1. The lowest BCUT2D eigenvalue weighted by Crippen LogP contribution is -2.09. The van der Waals surface area contributed by atoms with E-state index in [1.165, 1.54) is 12.7 Å². The molecule has 2 aromatic carbocycles. The normalized spacial score (nSPS) is 9.85. The van der Waals surface area contributed by atoms with Gasteiger partial charge < -0.3 is 14.0 Å². The molecule has 0 aliphatic carbocycles. The largest absolute Gasteiger partial charge is 0.493 e. The molecular weight excluding hydrogens is 408 g/mol. The van der Waals surface area contributed by atoms with E-state index in [-0.39, 0.29) is 22.9 Å². The highest BCUT2D eigenvalue weighted by molar-refractivity contribution is 8.93. The van der Waals surface area contributed by atoms with Gasteiger partial charge in [-0.3, -0.25) is 4.79 Å². The molecule has 27 heavy (non-hydrogen) atoms. The summed E-state index contributed by atoms with van der Waals surface area (Å²) in [6.45, 7) is 0.769. The predicted octanol–water partition coefficient (Wildman–Crippen LogP) is 3.87. The number of aromatic nitrogens is 1. The molecule has 0 fully saturated rings. The maximum absolute atomic E-state index is 12.4. The van der Waals surface area contributed by atoms with Crippen LogP contribution in [0.5, 0.6) is 11.5 Å². The summed E-state index contributed by atoms with van der Waals surface area (Å²) in [6.07, 6.45) is 3.82. The van der Waals surface area contributed by atoms with Crippen LogP contribution in [0.3, 0.4) is 0 Å². The second-order valence-corrected chi connectivity index (χ2v) is 5.70. The molecule has 0 unspecified atom stereocenters. The molecule has 0 saturated carbocycles. The summed E-state index contributed by atoms with van der Waals surface area (Å²) >= 11 is 0. The number of rotatable bonds is 5. The third-order valence-electron chi connectivity index (χ3n) is 3.94. The Kier molecular flexibility index (Phi) is 7.37. The molecule has 3 rings (SSSR count). The van der Waals surface area contributed by atoms with Crippen molar-refractivity contribution in [1.29, 1.82) is 0 Å². The molecule has 140 valence electrons. The zero-order valence-corrected chi connectivity index (χ0v) is 16.9. The van der Waals surface area contributed by atoms with E-state index in [0.29, 0.717) is 22.4 Å². The third kappa shape index (κ3) is 5.31. The Balaban J connectivity index is 0.00000261. The molecule has 0 bridgehead atoms. The first kappa shape index (κ1) is 20.5. The van der Waals surface area contributed by atoms with Crippen molar-refractivity contribution in [2.24, 2.45) is 4.99 Å². The van der Waals surface area contributed by atoms with Crippen LogP contribution in [-0.4, -0.2) is 24.7 Å². The van der Waals surface area contributed by atoms with Gasteiger partial charge in [-0.25, -0.2) is 4.99 Å². The van der Waals surface area contributed by atoms with E-state index in [4.69, 9.17) is 9.47 Å². The third-order valence-corrected chi connectivity index (χ3v) is 3.94. The highest BCUT2D eigenvalue weighted by Crippen LogP contribution is 2.27. The molecular formula is C21H21BrN2O3. The van der Waals surface area contributed by atoms with E-state index >= 15 is 0 Å². The van der Waals surface area contributed by atoms with E-state index in [9.17, 15) is 4.79 Å². The van der Waals surface area contributed by atoms with Crippen molar-refractivity contribution in [3.8, 4) is 11.5 Å². The molecule has 0 saturated heterocycles. The Morgan fingerprint density at radius 2 is 1.59 bits per heavy atom. The van der Waals surface area contributed by atoms with Crippen LogP contribution >= 0.6 is 17.0 Å². The summed E-state index contributed by atoms with van der Waals surface area (Å²) in [6, 6.07) is 18.8. The van der Waals surface area contributed by atoms with Crippen LogP contribution < -0.4 is 14.8 Å². The Labute approximate surface area is 168 Å². The number of ether oxygens (including phenoxy) is 2. The molecule has 1 heterocycles. The fourth-order valence-electron chi connectivity index (χ4n) is 2.57. The molecule has 1 amide bonds. The number of benzene rings is 2. The fourth-order valence-corrected chi connectivity index (χ4v) is 2.57. The van der Waals surface area contributed by atoms with Crippen molar-refractivity contribution in [1.82, 2.24) is 4.57 Å². The summed E-state index contributed by atoms with van der Waals surface area (Å²) in [4.78, 5) is 16.5. The minimum Gasteiger partial charge on any atom is -0.493 e. The highest BCUT2D eigenvalue weighted by Gasteiger charge is 2.09. The number of carbonyl (C=O) groups excluding carboxylic acids is 1. The first-order valence-corrected chi connectivity index (χ1v) is 8.20. The summed E-state index contributed by atoms with van der Waals surface area (Å²) in [5.74, 6) is 0.750. The van der Waals surface area contributed by atoms with Gasteiger partial charge in [0.25, 0.3) is 5.91 Å². The lowest BCUT2D eigenvalue weighted by Gasteiger charge is -2.08. The van der Waals surface area contributed by atoms with Crippen molar-refractivity contribution >= 4 is 22.9 Å². The minimum absolute atomic E-state index is 0. The fraction of sp³-hybridized carbons (Fsp3) is 0.143. The standard InChI is InChI=1S/C21H20N2O3.BrH/c1-25-19-9-8-17(14-20(19)26-2)21(24)22-18-10-12-23(13-11-18)15-16-6-4-3-5-7-16;/h3-14H,15H2,1-2H3;1H. The first-order valence-electron chi connectivity index (χ1n) is 8.20. The second kappa shape index (κ2) is 9.73. The van der Waals surface area contributed by atoms with Gasteiger partial charge in [0.1, 0.15) is 0 Å². The van der Waals surface area contributed by atoms with Crippen molar-refractivity contribution in [2.45, 2.75) is 6.54 Å². The molecule has 1 aromatic heterocycles. The summed E-state index contributed by atoms with van der Waals surface area (Å²) in [7, 11) is 3.09. The van der Waals surface area contributed by atoms with Gasteiger partial charge in [-0.1, -0.05) is 30.3 Å². The van der Waals surface area contributed by atoms with E-state index in [0.717, 1.165) is 6.54 Å². The number of amides is 1. The number of pyridine rings is 1. The molecule has 0 atom stereocenters. The Bertz CT molecular complexity index is 948. The number of hydrogen-bond donors (Lipinski definition) is 0. The maximum atomic E-state index is 12.4. The highest BCUT2D eigenvalue weighted by atomic mass is 79.9. The topological polar surface area (TPSA) is 52.8 Å². The molecule has 3 aromatic rings. The molecule has 6 heteroatoms. The van der Waals surface area contributed by atoms with Gasteiger partial charge in [0, 0.05) is 24.5 Å².